The van der Waals surface area contributed by atoms with Crippen LogP contribution in [0.5, 0.6) is 5.88 Å². The third kappa shape index (κ3) is 3.19. The first-order valence-corrected chi connectivity index (χ1v) is 7.60. The molecule has 6 nitrogen and oxygen atoms in total. The number of nitrogens with zero attached hydrogens (tertiary/aromatic N) is 2. The highest BCUT2D eigenvalue weighted by Gasteiger charge is 2.61. The summed E-state index contributed by atoms with van der Waals surface area (Å²) in [5, 5.41) is 9.75. The fraction of sp³-hybridized carbons (Fsp3) is 0.529. The number of aromatic hydroxyl groups is 1. The molecule has 0 aromatic carbocycles. The van der Waals surface area contributed by atoms with Gasteiger partial charge in [-0.3, -0.25) is 9.36 Å². The van der Waals surface area contributed by atoms with E-state index >= 15 is 0 Å². The van der Waals surface area contributed by atoms with Crippen molar-refractivity contribution >= 4 is 5.97 Å². The van der Waals surface area contributed by atoms with Crippen LogP contribution in [0.4, 0.5) is 0 Å². The van der Waals surface area contributed by atoms with E-state index in [1.807, 2.05) is 32.9 Å². The number of hydrogen-bond acceptors (Lipinski definition) is 4. The minimum Gasteiger partial charge on any atom is -0.493 e. The molecule has 6 heteroatoms. The first kappa shape index (κ1) is 16.9. The molecule has 0 saturated heterocycles. The van der Waals surface area contributed by atoms with Crippen LogP contribution < -0.4 is 5.69 Å². The third-order valence-electron chi connectivity index (χ3n) is 4.37. The summed E-state index contributed by atoms with van der Waals surface area (Å²) in [7, 11) is 0. The molecule has 0 amide bonds. The van der Waals surface area contributed by atoms with E-state index in [1.165, 1.54) is 10.8 Å². The topological polar surface area (TPSA) is 73.5 Å². The average Bonchev–Trinajstić information content (AvgIpc) is 2.93. The zero-order valence-corrected chi connectivity index (χ0v) is 13.7. The molecule has 0 bridgehead atoms. The fourth-order valence-corrected chi connectivity index (χ4v) is 2.84. The minimum absolute atomic E-state index is 0.0485. The second-order valence-electron chi connectivity index (χ2n) is 6.28. The Labute approximate surface area is 135 Å². The Morgan fingerprint density at radius 3 is 2.87 bits per heavy atom. The molecule has 23 heavy (non-hydrogen) atoms. The number of allylic oxidation sites excluding steroid dienone is 2. The zero-order chi connectivity index (χ0) is 17.2. The van der Waals surface area contributed by atoms with E-state index in [0.717, 1.165) is 11.0 Å². The maximum atomic E-state index is 12.2. The van der Waals surface area contributed by atoms with Crippen molar-refractivity contribution in [3.63, 3.8) is 0 Å². The Morgan fingerprint density at radius 1 is 1.57 bits per heavy atom. The molecule has 1 N–H and O–H groups in total. The van der Waals surface area contributed by atoms with E-state index in [-0.39, 0.29) is 42.4 Å². The Balaban J connectivity index is 2.02. The van der Waals surface area contributed by atoms with Crippen LogP contribution in [-0.2, 0) is 22.8 Å². The number of terminal acetylenes is 1. The Kier molecular flexibility index (Phi) is 4.69. The van der Waals surface area contributed by atoms with E-state index in [9.17, 15) is 14.7 Å². The van der Waals surface area contributed by atoms with E-state index in [4.69, 9.17) is 11.2 Å². The number of carbonyl (C=O) groups excluding carboxylic acids is 1. The van der Waals surface area contributed by atoms with Crippen LogP contribution in [0.2, 0.25) is 0 Å². The lowest BCUT2D eigenvalue weighted by Crippen LogP contribution is -2.26. The molecule has 1 saturated carbocycles. The lowest BCUT2D eigenvalue weighted by Gasteiger charge is -2.06. The van der Waals surface area contributed by atoms with Gasteiger partial charge in [0.1, 0.15) is 0 Å². The summed E-state index contributed by atoms with van der Waals surface area (Å²) in [6.45, 7) is 5.78. The highest BCUT2D eigenvalue weighted by molar-refractivity contribution is 5.78. The molecule has 1 fully saturated rings. The first-order chi connectivity index (χ1) is 10.8. The highest BCUT2D eigenvalue weighted by atomic mass is 16.5. The minimum atomic E-state index is -0.509. The number of ether oxygens (including phenoxy) is 1. The van der Waals surface area contributed by atoms with Gasteiger partial charge in [0.2, 0.25) is 5.88 Å². The summed E-state index contributed by atoms with van der Waals surface area (Å²) in [5.41, 5.74) is -0.656. The lowest BCUT2D eigenvalue weighted by molar-refractivity contribution is -0.150. The maximum Gasteiger partial charge on any atom is 0.334 e. The van der Waals surface area contributed by atoms with Crippen LogP contribution in [0.3, 0.4) is 0 Å². The number of imidazole rings is 1. The van der Waals surface area contributed by atoms with Crippen molar-refractivity contribution in [2.24, 2.45) is 17.3 Å². The average molecular weight is 318 g/mol. The van der Waals surface area contributed by atoms with Gasteiger partial charge in [-0.2, -0.15) is 0 Å². The second kappa shape index (κ2) is 6.37. The molecule has 1 heterocycles. The second-order valence-corrected chi connectivity index (χ2v) is 6.28. The standard InChI is InChI=1S/C17H22N2O4/c1-5-7-8-12-14(17(12,3)4)15(21)23-11-19-13(20)10-18(9-6-2)16(19)22/h2,7-8,10,12,14,20H,5,9,11H2,1,3-4H3/t12-,14+/m1/s1. The maximum absolute atomic E-state index is 12.2. The number of rotatable bonds is 6. The number of aromatic nitrogens is 2. The van der Waals surface area contributed by atoms with Gasteiger partial charge in [0, 0.05) is 0 Å². The quantitative estimate of drug-likeness (QED) is 0.492. The van der Waals surface area contributed by atoms with Gasteiger partial charge in [-0.1, -0.05) is 38.8 Å². The van der Waals surface area contributed by atoms with E-state index in [1.54, 1.807) is 0 Å². The van der Waals surface area contributed by atoms with Crippen LogP contribution >= 0.6 is 0 Å². The lowest BCUT2D eigenvalue weighted by atomic mass is 10.1. The summed E-state index contributed by atoms with van der Waals surface area (Å²) in [4.78, 5) is 24.2. The zero-order valence-electron chi connectivity index (χ0n) is 13.7. The van der Waals surface area contributed by atoms with Crippen LogP contribution in [0.1, 0.15) is 27.2 Å². The van der Waals surface area contributed by atoms with E-state index in [2.05, 4.69) is 5.92 Å². The molecule has 0 radical (unpaired) electrons. The van der Waals surface area contributed by atoms with Gasteiger partial charge in [-0.05, 0) is 17.8 Å². The van der Waals surface area contributed by atoms with Crippen molar-refractivity contribution in [2.75, 3.05) is 0 Å². The van der Waals surface area contributed by atoms with Crippen LogP contribution in [0, 0.1) is 29.6 Å². The molecule has 0 unspecified atom stereocenters. The predicted molar refractivity (Wildman–Crippen MR) is 85.5 cm³/mol. The van der Waals surface area contributed by atoms with Crippen molar-refractivity contribution < 1.29 is 14.6 Å². The Morgan fingerprint density at radius 2 is 2.26 bits per heavy atom. The number of hydrogen-bond donors (Lipinski definition) is 1. The number of esters is 1. The van der Waals surface area contributed by atoms with Gasteiger partial charge in [-0.15, -0.1) is 6.42 Å². The normalized spacial score (nSPS) is 22.0. The molecule has 0 spiro atoms. The molecule has 2 rings (SSSR count). The molecular formula is C17H22N2O4. The summed E-state index contributed by atoms with van der Waals surface area (Å²) < 4.78 is 7.37. The molecule has 1 aliphatic rings. The molecule has 2 atom stereocenters. The summed E-state index contributed by atoms with van der Waals surface area (Å²) in [6.07, 6.45) is 11.4. The smallest absolute Gasteiger partial charge is 0.334 e. The molecular weight excluding hydrogens is 296 g/mol. The highest BCUT2D eigenvalue weighted by Crippen LogP contribution is 2.59. The van der Waals surface area contributed by atoms with Gasteiger partial charge in [0.15, 0.2) is 6.73 Å². The van der Waals surface area contributed by atoms with Gasteiger partial charge in [-0.25, -0.2) is 9.36 Å². The Bertz CT molecular complexity index is 718. The molecule has 1 aliphatic carbocycles. The monoisotopic (exact) mass is 318 g/mol. The molecule has 0 aliphatic heterocycles. The molecule has 1 aromatic rings. The van der Waals surface area contributed by atoms with E-state index < -0.39 is 5.69 Å². The van der Waals surface area contributed by atoms with Gasteiger partial charge < -0.3 is 9.84 Å². The van der Waals surface area contributed by atoms with Crippen molar-refractivity contribution in [3.8, 4) is 18.2 Å². The summed E-state index contributed by atoms with van der Waals surface area (Å²) in [6, 6.07) is 0. The SMILES string of the molecule is C#CCn1cc(O)n(COC(=O)[C@@H]2[C@@H](C=CCC)C2(C)C)c1=O. The van der Waals surface area contributed by atoms with Crippen molar-refractivity contribution in [3.05, 3.63) is 28.8 Å². The van der Waals surface area contributed by atoms with Crippen molar-refractivity contribution in [2.45, 2.75) is 40.5 Å². The van der Waals surface area contributed by atoms with Crippen LogP contribution in [0.25, 0.3) is 0 Å². The molecule has 124 valence electrons. The van der Waals surface area contributed by atoms with Crippen LogP contribution in [-0.4, -0.2) is 20.2 Å². The predicted octanol–water partition coefficient (Wildman–Crippen LogP) is 1.73. The van der Waals surface area contributed by atoms with Gasteiger partial charge >= 0.3 is 11.7 Å². The van der Waals surface area contributed by atoms with Crippen LogP contribution in [0.15, 0.2) is 23.1 Å². The summed E-state index contributed by atoms with van der Waals surface area (Å²) >= 11 is 0. The van der Waals surface area contributed by atoms with E-state index in [0.29, 0.717) is 0 Å². The van der Waals surface area contributed by atoms with Crippen molar-refractivity contribution in [1.82, 2.24) is 9.13 Å². The first-order valence-electron chi connectivity index (χ1n) is 7.60. The third-order valence-corrected chi connectivity index (χ3v) is 4.37. The number of carbonyl (C=O) groups is 1. The fourth-order valence-electron chi connectivity index (χ4n) is 2.84. The van der Waals surface area contributed by atoms with Gasteiger partial charge in [0.05, 0.1) is 18.7 Å². The van der Waals surface area contributed by atoms with Crippen molar-refractivity contribution in [1.29, 1.82) is 0 Å². The largest absolute Gasteiger partial charge is 0.493 e. The Hall–Kier alpha value is -2.42. The van der Waals surface area contributed by atoms with Gasteiger partial charge in [0.25, 0.3) is 0 Å². The summed E-state index contributed by atoms with van der Waals surface area (Å²) in [5.74, 6) is 1.59. The molecule has 1 aromatic heterocycles.